The van der Waals surface area contributed by atoms with Crippen LogP contribution >= 0.6 is 11.6 Å². The Morgan fingerprint density at radius 2 is 1.76 bits per heavy atom. The third-order valence-electron chi connectivity index (χ3n) is 3.50. The van der Waals surface area contributed by atoms with Crippen molar-refractivity contribution in [3.05, 3.63) is 69.7 Å². The van der Waals surface area contributed by atoms with Crippen LogP contribution in [0.25, 0.3) is 0 Å². The molecule has 2 aromatic rings. The fraction of sp³-hybridized carbons (Fsp3) is 0.294. The minimum Gasteiger partial charge on any atom is -0.310 e. The Kier molecular flexibility index (Phi) is 5.32. The molecular formula is C17H18ClF2N. The van der Waals surface area contributed by atoms with Crippen LogP contribution in [0, 0.1) is 18.6 Å². The van der Waals surface area contributed by atoms with Crippen molar-refractivity contribution in [3.8, 4) is 0 Å². The number of halogens is 3. The molecule has 0 amide bonds. The minimum atomic E-state index is -0.346. The highest BCUT2D eigenvalue weighted by Crippen LogP contribution is 2.26. The topological polar surface area (TPSA) is 12.0 Å². The van der Waals surface area contributed by atoms with Gasteiger partial charge in [0.05, 0.1) is 0 Å². The molecule has 0 heterocycles. The first kappa shape index (κ1) is 15.9. The summed E-state index contributed by atoms with van der Waals surface area (Å²) in [6.45, 7) is 4.67. The summed E-state index contributed by atoms with van der Waals surface area (Å²) in [6.07, 6.45) is 0.624. The monoisotopic (exact) mass is 309 g/mol. The number of hydrogen-bond donors (Lipinski definition) is 1. The quantitative estimate of drug-likeness (QED) is 0.835. The van der Waals surface area contributed by atoms with E-state index < -0.39 is 0 Å². The van der Waals surface area contributed by atoms with E-state index in [1.807, 2.05) is 13.8 Å². The van der Waals surface area contributed by atoms with Crippen molar-refractivity contribution < 1.29 is 8.78 Å². The van der Waals surface area contributed by atoms with Crippen molar-refractivity contribution in [2.45, 2.75) is 26.3 Å². The van der Waals surface area contributed by atoms with Gasteiger partial charge in [0, 0.05) is 11.1 Å². The largest absolute Gasteiger partial charge is 0.310 e. The summed E-state index contributed by atoms with van der Waals surface area (Å²) in [5.74, 6) is -0.590. The Hall–Kier alpha value is -1.45. The lowest BCUT2D eigenvalue weighted by atomic mass is 9.95. The Bertz CT molecular complexity index is 628. The Balaban J connectivity index is 2.30. The highest BCUT2D eigenvalue weighted by Gasteiger charge is 2.15. The summed E-state index contributed by atoms with van der Waals surface area (Å²) in [6, 6.07) is 9.19. The van der Waals surface area contributed by atoms with Crippen LogP contribution < -0.4 is 5.32 Å². The first-order valence-electron chi connectivity index (χ1n) is 6.94. The molecule has 1 N–H and O–H groups in total. The van der Waals surface area contributed by atoms with Crippen LogP contribution in [0.2, 0.25) is 5.02 Å². The fourth-order valence-corrected chi connectivity index (χ4v) is 2.72. The van der Waals surface area contributed by atoms with Crippen LogP contribution in [0.3, 0.4) is 0 Å². The van der Waals surface area contributed by atoms with Crippen LogP contribution in [0.1, 0.15) is 29.7 Å². The second kappa shape index (κ2) is 7.01. The summed E-state index contributed by atoms with van der Waals surface area (Å²) in [7, 11) is 0. The first-order chi connectivity index (χ1) is 10.0. The molecule has 0 aliphatic rings. The van der Waals surface area contributed by atoms with E-state index in [9.17, 15) is 8.78 Å². The molecule has 1 atom stereocenters. The van der Waals surface area contributed by atoms with Crippen molar-refractivity contribution in [1.82, 2.24) is 5.32 Å². The Morgan fingerprint density at radius 3 is 2.38 bits per heavy atom. The van der Waals surface area contributed by atoms with Gasteiger partial charge in [-0.05, 0) is 60.8 Å². The average Bonchev–Trinajstić information content (AvgIpc) is 2.41. The van der Waals surface area contributed by atoms with Gasteiger partial charge in [-0.1, -0.05) is 30.7 Å². The molecule has 2 aromatic carbocycles. The van der Waals surface area contributed by atoms with E-state index in [1.165, 1.54) is 24.3 Å². The number of aryl methyl sites for hydroxylation is 1. The molecule has 112 valence electrons. The number of hydrogen-bond acceptors (Lipinski definition) is 1. The normalized spacial score (nSPS) is 12.4. The number of likely N-dealkylation sites (N-methyl/N-ethyl adjacent to an activating group) is 1. The van der Waals surface area contributed by atoms with Gasteiger partial charge >= 0.3 is 0 Å². The standard InChI is InChI=1S/C17H18ClF2N/c1-3-21-17(15-7-6-13(19)8-11(15)2)9-12-4-5-14(20)10-16(12)18/h4-8,10,17,21H,3,9H2,1-2H3. The van der Waals surface area contributed by atoms with Crippen LogP contribution in [0.15, 0.2) is 36.4 Å². The molecule has 4 heteroatoms. The third-order valence-corrected chi connectivity index (χ3v) is 3.85. The zero-order valence-corrected chi connectivity index (χ0v) is 12.8. The zero-order chi connectivity index (χ0) is 15.4. The summed E-state index contributed by atoms with van der Waals surface area (Å²) >= 11 is 6.10. The molecule has 0 saturated carbocycles. The molecular weight excluding hydrogens is 292 g/mol. The lowest BCUT2D eigenvalue weighted by Crippen LogP contribution is -2.24. The molecule has 21 heavy (non-hydrogen) atoms. The van der Waals surface area contributed by atoms with Gasteiger partial charge in [-0.15, -0.1) is 0 Å². The van der Waals surface area contributed by atoms with Crippen LogP contribution in [-0.2, 0) is 6.42 Å². The van der Waals surface area contributed by atoms with Crippen LogP contribution in [0.5, 0.6) is 0 Å². The van der Waals surface area contributed by atoms with Crippen LogP contribution in [0.4, 0.5) is 8.78 Å². The molecule has 1 unspecified atom stereocenters. The summed E-state index contributed by atoms with van der Waals surface area (Å²) in [4.78, 5) is 0. The van der Waals surface area contributed by atoms with Crippen molar-refractivity contribution >= 4 is 11.6 Å². The first-order valence-corrected chi connectivity index (χ1v) is 7.32. The second-order valence-electron chi connectivity index (χ2n) is 5.05. The van der Waals surface area contributed by atoms with Crippen LogP contribution in [-0.4, -0.2) is 6.54 Å². The second-order valence-corrected chi connectivity index (χ2v) is 5.46. The van der Waals surface area contributed by atoms with E-state index in [0.717, 1.165) is 23.2 Å². The maximum absolute atomic E-state index is 13.2. The van der Waals surface area contributed by atoms with Gasteiger partial charge in [0.25, 0.3) is 0 Å². The number of nitrogens with one attached hydrogen (secondary N) is 1. The van der Waals surface area contributed by atoms with Crippen molar-refractivity contribution in [2.24, 2.45) is 0 Å². The molecule has 2 rings (SSSR count). The predicted molar refractivity (Wildman–Crippen MR) is 82.7 cm³/mol. The van der Waals surface area contributed by atoms with E-state index in [0.29, 0.717) is 11.4 Å². The van der Waals surface area contributed by atoms with E-state index in [4.69, 9.17) is 11.6 Å². The van der Waals surface area contributed by atoms with E-state index in [1.54, 1.807) is 12.1 Å². The van der Waals surface area contributed by atoms with E-state index in [-0.39, 0.29) is 17.7 Å². The lowest BCUT2D eigenvalue weighted by molar-refractivity contribution is 0.543. The maximum Gasteiger partial charge on any atom is 0.124 e. The molecule has 0 radical (unpaired) electrons. The molecule has 0 bridgehead atoms. The zero-order valence-electron chi connectivity index (χ0n) is 12.1. The van der Waals surface area contributed by atoms with Crippen molar-refractivity contribution in [1.29, 1.82) is 0 Å². The van der Waals surface area contributed by atoms with Gasteiger partial charge in [0.2, 0.25) is 0 Å². The summed E-state index contributed by atoms with van der Waals surface area (Å²) in [5, 5.41) is 3.79. The highest BCUT2D eigenvalue weighted by atomic mass is 35.5. The number of benzene rings is 2. The molecule has 0 aromatic heterocycles. The highest BCUT2D eigenvalue weighted by molar-refractivity contribution is 6.31. The number of rotatable bonds is 5. The summed E-state index contributed by atoms with van der Waals surface area (Å²) in [5.41, 5.74) is 2.78. The van der Waals surface area contributed by atoms with Gasteiger partial charge in [-0.3, -0.25) is 0 Å². The summed E-state index contributed by atoms with van der Waals surface area (Å²) < 4.78 is 26.4. The smallest absolute Gasteiger partial charge is 0.124 e. The predicted octanol–water partition coefficient (Wildman–Crippen LogP) is 4.82. The van der Waals surface area contributed by atoms with Crippen molar-refractivity contribution in [3.63, 3.8) is 0 Å². The SMILES string of the molecule is CCNC(Cc1ccc(F)cc1Cl)c1ccc(F)cc1C. The molecule has 0 aliphatic heterocycles. The fourth-order valence-electron chi connectivity index (χ4n) is 2.48. The van der Waals surface area contributed by atoms with Gasteiger partial charge < -0.3 is 5.32 Å². The molecule has 0 saturated heterocycles. The third kappa shape index (κ3) is 4.02. The Morgan fingerprint density at radius 1 is 1.10 bits per heavy atom. The van der Waals surface area contributed by atoms with Gasteiger partial charge in [0.1, 0.15) is 11.6 Å². The molecule has 0 aliphatic carbocycles. The molecule has 0 fully saturated rings. The van der Waals surface area contributed by atoms with E-state index in [2.05, 4.69) is 5.32 Å². The molecule has 0 spiro atoms. The minimum absolute atomic E-state index is 0.0126. The van der Waals surface area contributed by atoms with Gasteiger partial charge in [-0.2, -0.15) is 0 Å². The van der Waals surface area contributed by atoms with Gasteiger partial charge in [0.15, 0.2) is 0 Å². The van der Waals surface area contributed by atoms with Gasteiger partial charge in [-0.25, -0.2) is 8.78 Å². The van der Waals surface area contributed by atoms with Crippen molar-refractivity contribution in [2.75, 3.05) is 6.54 Å². The van der Waals surface area contributed by atoms with E-state index >= 15 is 0 Å². The average molecular weight is 310 g/mol. The Labute approximate surface area is 128 Å². The molecule has 1 nitrogen and oxygen atoms in total. The lowest BCUT2D eigenvalue weighted by Gasteiger charge is -2.21. The maximum atomic E-state index is 13.2.